The molecule has 2 N–H and O–H groups in total. The topological polar surface area (TPSA) is 90.3 Å². The number of amides is 1. The number of fused-ring (bicyclic) bond motifs is 1. The fraction of sp³-hybridized carbons (Fsp3) is 0.600. The Hall–Kier alpha value is -2.28. The van der Waals surface area contributed by atoms with Gasteiger partial charge in [-0.25, -0.2) is 4.79 Å². The van der Waals surface area contributed by atoms with E-state index in [0.717, 1.165) is 36.8 Å². The van der Waals surface area contributed by atoms with Gasteiger partial charge in [0, 0.05) is 31.8 Å². The second-order valence-corrected chi connectivity index (χ2v) is 7.46. The third-order valence-corrected chi connectivity index (χ3v) is 5.22. The number of rotatable bonds is 8. The summed E-state index contributed by atoms with van der Waals surface area (Å²) in [6.45, 7) is 2.99. The average molecular weight is 376 g/mol. The third kappa shape index (κ3) is 4.18. The van der Waals surface area contributed by atoms with Crippen molar-refractivity contribution in [1.29, 1.82) is 0 Å². The van der Waals surface area contributed by atoms with Crippen LogP contribution in [0.4, 0.5) is 4.79 Å². The first-order chi connectivity index (χ1) is 13.0. The smallest absolute Gasteiger partial charge is 0.412 e. The number of ether oxygens (including phenoxy) is 1. The Bertz CT molecular complexity index is 705. The van der Waals surface area contributed by atoms with E-state index in [0.29, 0.717) is 30.6 Å². The van der Waals surface area contributed by atoms with Gasteiger partial charge in [-0.1, -0.05) is 19.4 Å². The number of carboxylic acid groups (broad SMARTS) is 1. The number of Topliss-reactive ketones (excluding diaryl/α,β-unsaturated/α-hetero) is 1. The number of allylic oxidation sites excluding steroid dienone is 1. The maximum absolute atomic E-state index is 12.3. The average Bonchev–Trinajstić information content (AvgIpc) is 3.44. The Morgan fingerprint density at radius 1 is 1.41 bits per heavy atom. The van der Waals surface area contributed by atoms with Crippen LogP contribution in [0.2, 0.25) is 0 Å². The molecule has 1 amide bonds. The minimum Gasteiger partial charge on any atom is -0.489 e. The highest BCUT2D eigenvalue weighted by Crippen LogP contribution is 2.40. The fourth-order valence-corrected chi connectivity index (χ4v) is 3.42. The molecular weight excluding hydrogens is 348 g/mol. The molecule has 1 heterocycles. The second-order valence-electron chi connectivity index (χ2n) is 7.46. The summed E-state index contributed by atoms with van der Waals surface area (Å²) < 4.78 is 6.07. The normalized spacial score (nSPS) is 22.3. The lowest BCUT2D eigenvalue weighted by Gasteiger charge is -2.37. The van der Waals surface area contributed by atoms with Gasteiger partial charge in [0.15, 0.2) is 11.6 Å². The Balaban J connectivity index is 2.06. The SMILES string of the molecule is CCCCOC1=C(N(C)C(=O)O)N(CC2CC2)C=C2CC(=O)C(CO)C=C21. The van der Waals surface area contributed by atoms with Gasteiger partial charge in [-0.2, -0.15) is 0 Å². The Morgan fingerprint density at radius 3 is 2.74 bits per heavy atom. The third-order valence-electron chi connectivity index (χ3n) is 5.22. The molecule has 0 aromatic rings. The highest BCUT2D eigenvalue weighted by atomic mass is 16.5. The predicted octanol–water partition coefficient (Wildman–Crippen LogP) is 2.70. The lowest BCUT2D eigenvalue weighted by molar-refractivity contribution is -0.122. The number of ketones is 1. The summed E-state index contributed by atoms with van der Waals surface area (Å²) in [5, 5.41) is 19.1. The summed E-state index contributed by atoms with van der Waals surface area (Å²) in [6, 6.07) is 0. The van der Waals surface area contributed by atoms with Crippen LogP contribution < -0.4 is 0 Å². The largest absolute Gasteiger partial charge is 0.489 e. The van der Waals surface area contributed by atoms with Crippen LogP contribution in [0.5, 0.6) is 0 Å². The van der Waals surface area contributed by atoms with Gasteiger partial charge in [0.05, 0.1) is 19.1 Å². The highest BCUT2D eigenvalue weighted by Gasteiger charge is 2.37. The summed E-state index contributed by atoms with van der Waals surface area (Å²) in [4.78, 5) is 27.1. The van der Waals surface area contributed by atoms with Crippen LogP contribution in [0.3, 0.4) is 0 Å². The van der Waals surface area contributed by atoms with Crippen LogP contribution in [0.25, 0.3) is 0 Å². The molecule has 0 aromatic carbocycles. The molecule has 1 fully saturated rings. The van der Waals surface area contributed by atoms with Crippen molar-refractivity contribution in [2.75, 3.05) is 26.8 Å². The van der Waals surface area contributed by atoms with Crippen LogP contribution in [-0.2, 0) is 9.53 Å². The molecule has 7 heteroatoms. The van der Waals surface area contributed by atoms with Gasteiger partial charge in [-0.15, -0.1) is 0 Å². The van der Waals surface area contributed by atoms with E-state index in [2.05, 4.69) is 6.92 Å². The zero-order valence-electron chi connectivity index (χ0n) is 16.0. The second kappa shape index (κ2) is 8.17. The van der Waals surface area contributed by atoms with Crippen molar-refractivity contribution in [2.45, 2.75) is 39.0 Å². The van der Waals surface area contributed by atoms with Gasteiger partial charge in [0.25, 0.3) is 0 Å². The molecule has 3 aliphatic rings. The molecule has 0 bridgehead atoms. The molecule has 3 rings (SSSR count). The van der Waals surface area contributed by atoms with Crippen LogP contribution in [0, 0.1) is 11.8 Å². The maximum atomic E-state index is 12.3. The van der Waals surface area contributed by atoms with E-state index in [-0.39, 0.29) is 18.8 Å². The molecular formula is C20H28N2O5. The molecule has 7 nitrogen and oxygen atoms in total. The number of hydrogen-bond acceptors (Lipinski definition) is 5. The molecule has 1 saturated carbocycles. The van der Waals surface area contributed by atoms with Crippen molar-refractivity contribution in [3.05, 3.63) is 35.0 Å². The molecule has 0 spiro atoms. The van der Waals surface area contributed by atoms with E-state index in [1.807, 2.05) is 11.1 Å². The fourth-order valence-electron chi connectivity index (χ4n) is 3.42. The summed E-state index contributed by atoms with van der Waals surface area (Å²) >= 11 is 0. The maximum Gasteiger partial charge on any atom is 0.412 e. The predicted molar refractivity (Wildman–Crippen MR) is 99.5 cm³/mol. The molecule has 1 aliphatic heterocycles. The monoisotopic (exact) mass is 376 g/mol. The lowest BCUT2D eigenvalue weighted by Crippen LogP contribution is -2.39. The first-order valence-corrected chi connectivity index (χ1v) is 9.63. The van der Waals surface area contributed by atoms with E-state index in [4.69, 9.17) is 4.74 Å². The summed E-state index contributed by atoms with van der Waals surface area (Å²) in [6.07, 6.45) is 6.84. The number of carbonyl (C=O) groups excluding carboxylic acids is 1. The summed E-state index contributed by atoms with van der Waals surface area (Å²) in [5.74, 6) is 0.921. The Labute approximate surface area is 159 Å². The molecule has 0 aromatic heterocycles. The number of carbonyl (C=O) groups is 2. The number of aliphatic hydroxyl groups excluding tert-OH is 1. The van der Waals surface area contributed by atoms with Gasteiger partial charge in [0.2, 0.25) is 0 Å². The van der Waals surface area contributed by atoms with Crippen molar-refractivity contribution in [3.63, 3.8) is 0 Å². The van der Waals surface area contributed by atoms with Gasteiger partial charge in [-0.3, -0.25) is 9.69 Å². The van der Waals surface area contributed by atoms with Crippen LogP contribution in [0.1, 0.15) is 39.0 Å². The molecule has 2 aliphatic carbocycles. The minimum atomic E-state index is -1.06. The van der Waals surface area contributed by atoms with Gasteiger partial charge in [-0.05, 0) is 30.8 Å². The van der Waals surface area contributed by atoms with Gasteiger partial charge in [0.1, 0.15) is 5.78 Å². The van der Waals surface area contributed by atoms with Crippen molar-refractivity contribution >= 4 is 11.9 Å². The number of nitrogens with zero attached hydrogens (tertiary/aromatic N) is 2. The van der Waals surface area contributed by atoms with Crippen LogP contribution in [-0.4, -0.2) is 58.7 Å². The Kier molecular flexibility index (Phi) is 5.89. The van der Waals surface area contributed by atoms with E-state index in [1.54, 1.807) is 6.08 Å². The lowest BCUT2D eigenvalue weighted by atomic mass is 9.84. The van der Waals surface area contributed by atoms with E-state index in [1.165, 1.54) is 11.9 Å². The minimum absolute atomic E-state index is 0.0261. The Morgan fingerprint density at radius 2 is 2.15 bits per heavy atom. The standard InChI is InChI=1S/C20H28N2O5/c1-3-4-7-27-18-16-8-15(12-23)17(24)9-14(16)11-22(10-13-5-6-13)19(18)21(2)20(25)26/h8,11,13,15,23H,3-7,9-10,12H2,1-2H3,(H,25,26). The molecule has 0 radical (unpaired) electrons. The zero-order valence-corrected chi connectivity index (χ0v) is 16.0. The van der Waals surface area contributed by atoms with Crippen molar-refractivity contribution in [3.8, 4) is 0 Å². The van der Waals surface area contributed by atoms with Gasteiger partial charge < -0.3 is 19.8 Å². The van der Waals surface area contributed by atoms with E-state index < -0.39 is 12.0 Å². The molecule has 1 unspecified atom stereocenters. The molecule has 0 saturated heterocycles. The van der Waals surface area contributed by atoms with Crippen molar-refractivity contribution in [1.82, 2.24) is 9.80 Å². The zero-order chi connectivity index (χ0) is 19.6. The summed E-state index contributed by atoms with van der Waals surface area (Å²) in [5.41, 5.74) is 1.57. The number of aliphatic hydroxyl groups is 1. The molecule has 1 atom stereocenters. The number of hydrogen-bond donors (Lipinski definition) is 2. The van der Waals surface area contributed by atoms with Crippen LogP contribution in [0.15, 0.2) is 35.0 Å². The van der Waals surface area contributed by atoms with Crippen LogP contribution >= 0.6 is 0 Å². The van der Waals surface area contributed by atoms with E-state index >= 15 is 0 Å². The molecule has 148 valence electrons. The first kappa shape index (κ1) is 19.5. The summed E-state index contributed by atoms with van der Waals surface area (Å²) in [7, 11) is 1.51. The van der Waals surface area contributed by atoms with Crippen molar-refractivity contribution < 1.29 is 24.5 Å². The van der Waals surface area contributed by atoms with Crippen molar-refractivity contribution in [2.24, 2.45) is 11.8 Å². The highest BCUT2D eigenvalue weighted by molar-refractivity contribution is 5.89. The quantitative estimate of drug-likeness (QED) is 0.633. The van der Waals surface area contributed by atoms with E-state index in [9.17, 15) is 19.8 Å². The van der Waals surface area contributed by atoms with Gasteiger partial charge >= 0.3 is 6.09 Å². The first-order valence-electron chi connectivity index (χ1n) is 9.63. The molecule has 27 heavy (non-hydrogen) atoms. The number of unbranched alkanes of at least 4 members (excludes halogenated alkanes) is 1.